The van der Waals surface area contributed by atoms with Gasteiger partial charge in [-0.3, -0.25) is 4.79 Å². The van der Waals surface area contributed by atoms with E-state index in [2.05, 4.69) is 15.5 Å². The minimum absolute atomic E-state index is 0.0282. The molecule has 1 amide bonds. The first-order valence-electron chi connectivity index (χ1n) is 6.57. The summed E-state index contributed by atoms with van der Waals surface area (Å²) < 4.78 is 7.15. The van der Waals surface area contributed by atoms with Crippen molar-refractivity contribution in [1.82, 2.24) is 20.1 Å². The lowest BCUT2D eigenvalue weighted by atomic mass is 9.79. The molecular formula is C12H21N5O2. The predicted molar refractivity (Wildman–Crippen MR) is 69.3 cm³/mol. The standard InChI is InChI=1S/C12H21N5O2/c1-17-9-15-16-10(17)2-5-14-11(18)12(8-13)3-6-19-7-4-12/h9H,2-8,13H2,1H3,(H,14,18). The summed E-state index contributed by atoms with van der Waals surface area (Å²) >= 11 is 0. The van der Waals surface area contributed by atoms with E-state index in [9.17, 15) is 4.79 Å². The number of nitrogens with two attached hydrogens (primary N) is 1. The SMILES string of the molecule is Cn1cnnc1CCNC(=O)C1(CN)CCOCC1. The molecule has 2 rings (SSSR count). The molecule has 106 valence electrons. The molecule has 0 unspecified atom stereocenters. The zero-order valence-electron chi connectivity index (χ0n) is 11.3. The van der Waals surface area contributed by atoms with Gasteiger partial charge in [0.05, 0.1) is 5.41 Å². The molecule has 0 bridgehead atoms. The van der Waals surface area contributed by atoms with Gasteiger partial charge < -0.3 is 20.4 Å². The van der Waals surface area contributed by atoms with Crippen LogP contribution in [-0.2, 0) is 23.0 Å². The molecule has 7 nitrogen and oxygen atoms in total. The molecule has 1 aromatic rings. The minimum atomic E-state index is -0.460. The third-order valence-corrected chi connectivity index (χ3v) is 3.76. The Hall–Kier alpha value is -1.47. The highest BCUT2D eigenvalue weighted by Crippen LogP contribution is 2.29. The Bertz CT molecular complexity index is 426. The molecule has 0 aliphatic carbocycles. The fraction of sp³-hybridized carbons (Fsp3) is 0.750. The Balaban J connectivity index is 1.84. The lowest BCUT2D eigenvalue weighted by Gasteiger charge is -2.34. The second-order valence-electron chi connectivity index (χ2n) is 4.96. The van der Waals surface area contributed by atoms with Crippen LogP contribution in [0.4, 0.5) is 0 Å². The topological polar surface area (TPSA) is 95.1 Å². The van der Waals surface area contributed by atoms with Crippen molar-refractivity contribution in [2.45, 2.75) is 19.3 Å². The van der Waals surface area contributed by atoms with Crippen LogP contribution >= 0.6 is 0 Å². The van der Waals surface area contributed by atoms with Gasteiger partial charge in [0.1, 0.15) is 12.2 Å². The smallest absolute Gasteiger partial charge is 0.227 e. The van der Waals surface area contributed by atoms with Crippen molar-refractivity contribution in [1.29, 1.82) is 0 Å². The van der Waals surface area contributed by atoms with Gasteiger partial charge in [0.2, 0.25) is 5.91 Å². The molecule has 1 aromatic heterocycles. The van der Waals surface area contributed by atoms with Gasteiger partial charge in [-0.15, -0.1) is 10.2 Å². The average molecular weight is 267 g/mol. The summed E-state index contributed by atoms with van der Waals surface area (Å²) in [4.78, 5) is 12.3. The van der Waals surface area contributed by atoms with E-state index in [0.717, 1.165) is 5.82 Å². The lowest BCUT2D eigenvalue weighted by Crippen LogP contribution is -2.49. The molecule has 1 aliphatic heterocycles. The van der Waals surface area contributed by atoms with Crippen LogP contribution in [0.1, 0.15) is 18.7 Å². The zero-order valence-corrected chi connectivity index (χ0v) is 11.3. The molecule has 1 aliphatic rings. The Kier molecular flexibility index (Phi) is 4.49. The number of ether oxygens (including phenoxy) is 1. The summed E-state index contributed by atoms with van der Waals surface area (Å²) in [6.07, 6.45) is 3.70. The Morgan fingerprint density at radius 2 is 2.32 bits per heavy atom. The Morgan fingerprint density at radius 3 is 2.89 bits per heavy atom. The predicted octanol–water partition coefficient (Wildman–Crippen LogP) is -0.771. The number of nitrogens with zero attached hydrogens (tertiary/aromatic N) is 3. The largest absolute Gasteiger partial charge is 0.381 e. The maximum Gasteiger partial charge on any atom is 0.227 e. The van der Waals surface area contributed by atoms with E-state index in [1.54, 1.807) is 6.33 Å². The van der Waals surface area contributed by atoms with E-state index in [1.165, 1.54) is 0 Å². The second kappa shape index (κ2) is 6.12. The van der Waals surface area contributed by atoms with E-state index in [0.29, 0.717) is 45.6 Å². The molecule has 7 heteroatoms. The van der Waals surface area contributed by atoms with Crippen molar-refractivity contribution in [3.05, 3.63) is 12.2 Å². The minimum Gasteiger partial charge on any atom is -0.381 e. The molecule has 0 spiro atoms. The maximum absolute atomic E-state index is 12.3. The number of hydrogen-bond acceptors (Lipinski definition) is 5. The van der Waals surface area contributed by atoms with Crippen molar-refractivity contribution in [2.24, 2.45) is 18.2 Å². The van der Waals surface area contributed by atoms with Gasteiger partial charge in [-0.1, -0.05) is 0 Å². The molecule has 0 saturated carbocycles. The third kappa shape index (κ3) is 3.10. The third-order valence-electron chi connectivity index (χ3n) is 3.76. The van der Waals surface area contributed by atoms with Gasteiger partial charge in [0, 0.05) is 39.8 Å². The molecule has 2 heterocycles. The van der Waals surface area contributed by atoms with E-state index in [1.807, 2.05) is 11.6 Å². The van der Waals surface area contributed by atoms with Crippen LogP contribution < -0.4 is 11.1 Å². The monoisotopic (exact) mass is 267 g/mol. The fourth-order valence-corrected chi connectivity index (χ4v) is 2.29. The summed E-state index contributed by atoms with van der Waals surface area (Å²) in [6, 6.07) is 0. The van der Waals surface area contributed by atoms with Gasteiger partial charge in [0.15, 0.2) is 0 Å². The van der Waals surface area contributed by atoms with Crippen LogP contribution in [0, 0.1) is 5.41 Å². The van der Waals surface area contributed by atoms with Crippen LogP contribution in [0.15, 0.2) is 6.33 Å². The van der Waals surface area contributed by atoms with Gasteiger partial charge in [-0.2, -0.15) is 0 Å². The van der Waals surface area contributed by atoms with E-state index < -0.39 is 5.41 Å². The average Bonchev–Trinajstić information content (AvgIpc) is 2.85. The number of carbonyl (C=O) groups is 1. The summed E-state index contributed by atoms with van der Waals surface area (Å²) in [7, 11) is 1.89. The Labute approximate surface area is 112 Å². The van der Waals surface area contributed by atoms with Crippen LogP contribution in [0.25, 0.3) is 0 Å². The number of carbonyl (C=O) groups excluding carboxylic acids is 1. The fourth-order valence-electron chi connectivity index (χ4n) is 2.29. The van der Waals surface area contributed by atoms with Gasteiger partial charge >= 0.3 is 0 Å². The molecule has 0 atom stereocenters. The van der Waals surface area contributed by atoms with Gasteiger partial charge in [-0.05, 0) is 12.8 Å². The number of rotatable bonds is 5. The summed E-state index contributed by atoms with van der Waals surface area (Å²) in [5.74, 6) is 0.884. The first-order chi connectivity index (χ1) is 9.18. The lowest BCUT2D eigenvalue weighted by molar-refractivity contribution is -0.135. The van der Waals surface area contributed by atoms with Gasteiger partial charge in [0.25, 0.3) is 0 Å². The van der Waals surface area contributed by atoms with Crippen LogP contribution in [0.2, 0.25) is 0 Å². The highest BCUT2D eigenvalue weighted by atomic mass is 16.5. The molecule has 0 radical (unpaired) electrons. The second-order valence-corrected chi connectivity index (χ2v) is 4.96. The first kappa shape index (κ1) is 14.0. The molecule has 19 heavy (non-hydrogen) atoms. The summed E-state index contributed by atoms with van der Waals surface area (Å²) in [5.41, 5.74) is 5.33. The van der Waals surface area contributed by atoms with Crippen molar-refractivity contribution in [2.75, 3.05) is 26.3 Å². The molecule has 1 fully saturated rings. The first-order valence-corrected chi connectivity index (χ1v) is 6.57. The van der Waals surface area contributed by atoms with E-state index >= 15 is 0 Å². The number of aromatic nitrogens is 3. The summed E-state index contributed by atoms with van der Waals surface area (Å²) in [5, 5.41) is 10.7. The van der Waals surface area contributed by atoms with Crippen molar-refractivity contribution < 1.29 is 9.53 Å². The number of aryl methyl sites for hydroxylation is 1. The highest BCUT2D eigenvalue weighted by Gasteiger charge is 2.38. The zero-order chi connectivity index (χ0) is 13.7. The normalized spacial score (nSPS) is 18.2. The van der Waals surface area contributed by atoms with Crippen LogP contribution in [-0.4, -0.2) is 47.0 Å². The van der Waals surface area contributed by atoms with Crippen molar-refractivity contribution in [3.8, 4) is 0 Å². The van der Waals surface area contributed by atoms with Crippen LogP contribution in [0.3, 0.4) is 0 Å². The number of hydrogen-bond donors (Lipinski definition) is 2. The number of nitrogens with one attached hydrogen (secondary N) is 1. The molecular weight excluding hydrogens is 246 g/mol. The molecule has 3 N–H and O–H groups in total. The molecule has 1 saturated heterocycles. The molecule has 0 aromatic carbocycles. The van der Waals surface area contributed by atoms with Gasteiger partial charge in [-0.25, -0.2) is 0 Å². The van der Waals surface area contributed by atoms with Crippen molar-refractivity contribution >= 4 is 5.91 Å². The van der Waals surface area contributed by atoms with E-state index in [-0.39, 0.29) is 5.91 Å². The summed E-state index contributed by atoms with van der Waals surface area (Å²) in [6.45, 7) is 2.13. The Morgan fingerprint density at radius 1 is 1.58 bits per heavy atom. The highest BCUT2D eigenvalue weighted by molar-refractivity contribution is 5.83. The van der Waals surface area contributed by atoms with Crippen LogP contribution in [0.5, 0.6) is 0 Å². The van der Waals surface area contributed by atoms with Crippen molar-refractivity contribution in [3.63, 3.8) is 0 Å². The maximum atomic E-state index is 12.3. The number of amides is 1. The van der Waals surface area contributed by atoms with E-state index in [4.69, 9.17) is 10.5 Å². The quantitative estimate of drug-likeness (QED) is 0.730.